The topological polar surface area (TPSA) is 50.1 Å². The summed E-state index contributed by atoms with van der Waals surface area (Å²) in [4.78, 5) is 12.8. The van der Waals surface area contributed by atoms with Crippen LogP contribution in [-0.4, -0.2) is 18.5 Å². The Balaban J connectivity index is 1.99. The van der Waals surface area contributed by atoms with E-state index in [2.05, 4.69) is 6.07 Å². The van der Waals surface area contributed by atoms with Crippen LogP contribution in [0.3, 0.4) is 0 Å². The Kier molecular flexibility index (Phi) is 3.70. The van der Waals surface area contributed by atoms with E-state index in [9.17, 15) is 4.79 Å². The third kappa shape index (κ3) is 2.49. The van der Waals surface area contributed by atoms with Crippen LogP contribution in [0.2, 0.25) is 0 Å². The summed E-state index contributed by atoms with van der Waals surface area (Å²) in [7, 11) is 0. The van der Waals surface area contributed by atoms with Crippen molar-refractivity contribution in [3.63, 3.8) is 0 Å². The summed E-state index contributed by atoms with van der Waals surface area (Å²) in [6, 6.07) is 5.79. The number of thiophene rings is 1. The monoisotopic (exact) mass is 235 g/mol. The van der Waals surface area contributed by atoms with Crippen molar-refractivity contribution in [1.82, 2.24) is 0 Å². The number of rotatable bonds is 4. The molecule has 1 saturated heterocycles. The number of Topliss-reactive ketones (excluding diaryl/α,β-unsaturated/α-hetero) is 1. The van der Waals surface area contributed by atoms with Crippen LogP contribution in [-0.2, 0) is 9.53 Å². The zero-order valence-corrected chi connectivity index (χ0v) is 9.70. The van der Waals surface area contributed by atoms with Gasteiger partial charge in [0.2, 0.25) is 0 Å². The van der Waals surface area contributed by atoms with E-state index in [0.717, 1.165) is 24.3 Å². The Morgan fingerprint density at radius 3 is 3.19 bits per heavy atom. The van der Waals surface area contributed by atoms with Crippen LogP contribution in [0.4, 0.5) is 0 Å². The SMILES string of the molecule is N#CC(C(=O)CC1CCCO1)c1cccs1. The summed E-state index contributed by atoms with van der Waals surface area (Å²) in [6.07, 6.45) is 2.36. The first kappa shape index (κ1) is 11.3. The first-order chi connectivity index (χ1) is 7.81. The average Bonchev–Trinajstić information content (AvgIpc) is 2.91. The second kappa shape index (κ2) is 5.24. The molecule has 2 unspecified atom stereocenters. The van der Waals surface area contributed by atoms with Gasteiger partial charge in [-0.2, -0.15) is 5.26 Å². The molecular formula is C12H13NO2S. The molecule has 1 fully saturated rings. The van der Waals surface area contributed by atoms with Crippen molar-refractivity contribution in [1.29, 1.82) is 5.26 Å². The van der Waals surface area contributed by atoms with Crippen molar-refractivity contribution >= 4 is 17.1 Å². The molecule has 16 heavy (non-hydrogen) atoms. The van der Waals surface area contributed by atoms with Crippen molar-refractivity contribution in [2.24, 2.45) is 0 Å². The molecule has 0 aromatic carbocycles. The molecule has 2 heterocycles. The fraction of sp³-hybridized carbons (Fsp3) is 0.500. The van der Waals surface area contributed by atoms with Gasteiger partial charge in [0.15, 0.2) is 5.78 Å². The Morgan fingerprint density at radius 2 is 2.62 bits per heavy atom. The number of carbonyl (C=O) groups is 1. The summed E-state index contributed by atoms with van der Waals surface area (Å²) >= 11 is 1.46. The highest BCUT2D eigenvalue weighted by atomic mass is 32.1. The predicted octanol–water partition coefficient (Wildman–Crippen LogP) is 2.49. The van der Waals surface area contributed by atoms with Crippen molar-refractivity contribution < 1.29 is 9.53 Å². The molecule has 1 aromatic heterocycles. The van der Waals surface area contributed by atoms with Crippen LogP contribution in [0.25, 0.3) is 0 Å². The third-order valence-electron chi connectivity index (χ3n) is 2.73. The molecular weight excluding hydrogens is 222 g/mol. The number of ether oxygens (including phenoxy) is 1. The highest BCUT2D eigenvalue weighted by Crippen LogP contribution is 2.25. The largest absolute Gasteiger partial charge is 0.378 e. The molecule has 0 amide bonds. The number of ketones is 1. The van der Waals surface area contributed by atoms with E-state index in [1.807, 2.05) is 17.5 Å². The van der Waals surface area contributed by atoms with Gasteiger partial charge in [0.25, 0.3) is 0 Å². The van der Waals surface area contributed by atoms with E-state index < -0.39 is 5.92 Å². The van der Waals surface area contributed by atoms with Gasteiger partial charge in [0, 0.05) is 17.9 Å². The molecule has 0 N–H and O–H groups in total. The van der Waals surface area contributed by atoms with Gasteiger partial charge in [0.05, 0.1) is 12.2 Å². The highest BCUT2D eigenvalue weighted by molar-refractivity contribution is 7.10. The molecule has 0 saturated carbocycles. The lowest BCUT2D eigenvalue weighted by molar-refractivity contribution is -0.121. The Labute approximate surface area is 98.7 Å². The molecule has 84 valence electrons. The van der Waals surface area contributed by atoms with Crippen LogP contribution in [0.15, 0.2) is 17.5 Å². The number of nitrogens with zero attached hydrogens (tertiary/aromatic N) is 1. The number of hydrogen-bond donors (Lipinski definition) is 0. The summed E-state index contributed by atoms with van der Waals surface area (Å²) in [5.74, 6) is -0.624. The molecule has 0 spiro atoms. The van der Waals surface area contributed by atoms with Crippen LogP contribution < -0.4 is 0 Å². The van der Waals surface area contributed by atoms with Gasteiger partial charge in [-0.15, -0.1) is 11.3 Å². The summed E-state index contributed by atoms with van der Waals surface area (Å²) in [5.41, 5.74) is 0. The van der Waals surface area contributed by atoms with Gasteiger partial charge >= 0.3 is 0 Å². The van der Waals surface area contributed by atoms with Gasteiger partial charge in [-0.1, -0.05) is 6.07 Å². The Hall–Kier alpha value is -1.18. The van der Waals surface area contributed by atoms with E-state index in [0.29, 0.717) is 6.42 Å². The number of nitriles is 1. The fourth-order valence-corrected chi connectivity index (χ4v) is 2.69. The van der Waals surface area contributed by atoms with E-state index in [-0.39, 0.29) is 11.9 Å². The molecule has 2 atom stereocenters. The maximum Gasteiger partial charge on any atom is 0.157 e. The normalized spacial score (nSPS) is 21.6. The first-order valence-electron chi connectivity index (χ1n) is 5.38. The minimum absolute atomic E-state index is 0.0168. The van der Waals surface area contributed by atoms with Crippen LogP contribution in [0.5, 0.6) is 0 Å². The van der Waals surface area contributed by atoms with Gasteiger partial charge in [0.1, 0.15) is 5.92 Å². The second-order valence-corrected chi connectivity index (χ2v) is 4.86. The molecule has 1 aliphatic rings. The van der Waals surface area contributed by atoms with Gasteiger partial charge in [-0.05, 0) is 24.3 Å². The molecule has 1 aromatic rings. The maximum atomic E-state index is 11.9. The first-order valence-corrected chi connectivity index (χ1v) is 6.26. The quantitative estimate of drug-likeness (QED) is 0.805. The van der Waals surface area contributed by atoms with Crippen molar-refractivity contribution in [2.75, 3.05) is 6.61 Å². The zero-order valence-electron chi connectivity index (χ0n) is 8.89. The lowest BCUT2D eigenvalue weighted by Gasteiger charge is -2.10. The van der Waals surface area contributed by atoms with Crippen molar-refractivity contribution in [3.8, 4) is 6.07 Å². The van der Waals surface area contributed by atoms with E-state index in [1.165, 1.54) is 11.3 Å². The minimum Gasteiger partial charge on any atom is -0.378 e. The molecule has 0 bridgehead atoms. The molecule has 3 nitrogen and oxygen atoms in total. The lowest BCUT2D eigenvalue weighted by Crippen LogP contribution is -2.17. The number of carbonyl (C=O) groups excluding carboxylic acids is 1. The predicted molar refractivity (Wildman–Crippen MR) is 61.3 cm³/mol. The second-order valence-electron chi connectivity index (χ2n) is 3.88. The Morgan fingerprint density at radius 1 is 1.75 bits per heavy atom. The fourth-order valence-electron chi connectivity index (χ4n) is 1.90. The Bertz CT molecular complexity index is 388. The van der Waals surface area contributed by atoms with Gasteiger partial charge in [-0.3, -0.25) is 4.79 Å². The van der Waals surface area contributed by atoms with Crippen LogP contribution in [0.1, 0.15) is 30.1 Å². The van der Waals surface area contributed by atoms with E-state index in [1.54, 1.807) is 0 Å². The summed E-state index contributed by atoms with van der Waals surface area (Å²) in [6.45, 7) is 0.744. The van der Waals surface area contributed by atoms with Crippen molar-refractivity contribution in [3.05, 3.63) is 22.4 Å². The zero-order chi connectivity index (χ0) is 11.4. The molecule has 1 aliphatic heterocycles. The van der Waals surface area contributed by atoms with E-state index in [4.69, 9.17) is 10.00 Å². The third-order valence-corrected chi connectivity index (χ3v) is 3.67. The smallest absolute Gasteiger partial charge is 0.157 e. The van der Waals surface area contributed by atoms with Gasteiger partial charge < -0.3 is 4.74 Å². The van der Waals surface area contributed by atoms with E-state index >= 15 is 0 Å². The van der Waals surface area contributed by atoms with Gasteiger partial charge in [-0.25, -0.2) is 0 Å². The summed E-state index contributed by atoms with van der Waals surface area (Å²) < 4.78 is 5.41. The van der Waals surface area contributed by atoms with Crippen LogP contribution >= 0.6 is 11.3 Å². The highest BCUT2D eigenvalue weighted by Gasteiger charge is 2.26. The molecule has 4 heteroatoms. The molecule has 0 aliphatic carbocycles. The lowest BCUT2D eigenvalue weighted by atomic mass is 9.98. The number of hydrogen-bond acceptors (Lipinski definition) is 4. The average molecular weight is 235 g/mol. The maximum absolute atomic E-state index is 11.9. The standard InChI is InChI=1S/C12H13NO2S/c13-8-10(12-4-2-6-16-12)11(14)7-9-3-1-5-15-9/h2,4,6,9-10H,1,3,5,7H2. The molecule has 2 rings (SSSR count). The van der Waals surface area contributed by atoms with Crippen LogP contribution in [0, 0.1) is 11.3 Å². The minimum atomic E-state index is -0.607. The molecule has 0 radical (unpaired) electrons. The van der Waals surface area contributed by atoms with Crippen molar-refractivity contribution in [2.45, 2.75) is 31.3 Å². The summed E-state index contributed by atoms with van der Waals surface area (Å²) in [5, 5.41) is 10.9.